The van der Waals surface area contributed by atoms with Crippen molar-refractivity contribution in [2.75, 3.05) is 19.9 Å². The van der Waals surface area contributed by atoms with Crippen LogP contribution in [-0.4, -0.2) is 45.2 Å². The zero-order valence-corrected chi connectivity index (χ0v) is 14.6. The van der Waals surface area contributed by atoms with Gasteiger partial charge in [-0.1, -0.05) is 37.5 Å². The third-order valence-corrected chi connectivity index (χ3v) is 5.86. The van der Waals surface area contributed by atoms with Crippen molar-refractivity contribution < 1.29 is 17.9 Å². The molecule has 1 saturated carbocycles. The number of ether oxygens (including phenoxy) is 1. The van der Waals surface area contributed by atoms with E-state index in [-0.39, 0.29) is 17.7 Å². The molecule has 0 heterocycles. The second-order valence-corrected chi connectivity index (χ2v) is 8.21. The van der Waals surface area contributed by atoms with Crippen molar-refractivity contribution in [3.05, 3.63) is 29.8 Å². The largest absolute Gasteiger partial charge is 0.496 e. The summed E-state index contributed by atoms with van der Waals surface area (Å²) in [6.45, 7) is 0. The monoisotopic (exact) mass is 339 g/mol. The molecule has 0 atom stereocenters. The summed E-state index contributed by atoms with van der Waals surface area (Å²) in [7, 11) is -0.295. The maximum absolute atomic E-state index is 12.4. The number of hydrogen-bond acceptors (Lipinski definition) is 4. The Balaban J connectivity index is 2.01. The van der Waals surface area contributed by atoms with Gasteiger partial charge >= 0.3 is 0 Å². The number of amides is 1. The summed E-state index contributed by atoms with van der Waals surface area (Å²) < 4.78 is 29.9. The smallest absolute Gasteiger partial charge is 0.237 e. The van der Waals surface area contributed by atoms with Crippen LogP contribution in [0.2, 0.25) is 0 Å². The Bertz CT molecular complexity index is 636. The lowest BCUT2D eigenvalue weighted by Crippen LogP contribution is -2.41. The highest BCUT2D eigenvalue weighted by Crippen LogP contribution is 2.23. The van der Waals surface area contributed by atoms with Gasteiger partial charge in [0.05, 0.1) is 12.9 Å². The Labute approximate surface area is 138 Å². The van der Waals surface area contributed by atoms with Gasteiger partial charge in [0.25, 0.3) is 0 Å². The van der Waals surface area contributed by atoms with Gasteiger partial charge < -0.3 is 9.64 Å². The third kappa shape index (κ3) is 4.96. The van der Waals surface area contributed by atoms with E-state index in [9.17, 15) is 13.2 Å². The molecule has 0 aliphatic heterocycles. The van der Waals surface area contributed by atoms with Crippen LogP contribution in [-0.2, 0) is 20.4 Å². The molecule has 0 radical (unpaired) electrons. The van der Waals surface area contributed by atoms with Gasteiger partial charge in [0, 0.05) is 18.7 Å². The molecule has 1 amide bonds. The number of benzene rings is 1. The van der Waals surface area contributed by atoms with E-state index in [0.29, 0.717) is 11.3 Å². The third-order valence-electron chi connectivity index (χ3n) is 4.43. The van der Waals surface area contributed by atoms with Crippen LogP contribution in [0, 0.1) is 0 Å². The lowest BCUT2D eigenvalue weighted by molar-refractivity contribution is -0.129. The molecule has 1 aliphatic rings. The number of sulfone groups is 1. The number of hydrogen-bond donors (Lipinski definition) is 0. The first kappa shape index (κ1) is 17.8. The summed E-state index contributed by atoms with van der Waals surface area (Å²) in [5.41, 5.74) is 0.586. The van der Waals surface area contributed by atoms with Crippen LogP contribution in [0.15, 0.2) is 24.3 Å². The Hall–Kier alpha value is -1.56. The number of nitrogens with zero attached hydrogens (tertiary/aromatic N) is 1. The molecule has 1 aromatic carbocycles. The maximum Gasteiger partial charge on any atom is 0.237 e. The van der Waals surface area contributed by atoms with E-state index in [4.69, 9.17) is 4.74 Å². The van der Waals surface area contributed by atoms with Crippen LogP contribution in [0.5, 0.6) is 5.75 Å². The van der Waals surface area contributed by atoms with Gasteiger partial charge in [0.1, 0.15) is 11.5 Å². The number of para-hydroxylation sites is 1. The van der Waals surface area contributed by atoms with Crippen LogP contribution < -0.4 is 4.74 Å². The molecule has 0 aromatic heterocycles. The average Bonchev–Trinajstić information content (AvgIpc) is 2.54. The molecule has 0 spiro atoms. The van der Waals surface area contributed by atoms with E-state index in [1.807, 2.05) is 0 Å². The molecule has 128 valence electrons. The summed E-state index contributed by atoms with van der Waals surface area (Å²) in [4.78, 5) is 13.9. The molecule has 1 fully saturated rings. The quantitative estimate of drug-likeness (QED) is 0.798. The lowest BCUT2D eigenvalue weighted by atomic mass is 9.94. The average molecular weight is 339 g/mol. The summed E-state index contributed by atoms with van der Waals surface area (Å²) in [6.07, 6.45) is 5.35. The van der Waals surface area contributed by atoms with Crippen molar-refractivity contribution >= 4 is 15.7 Å². The highest BCUT2D eigenvalue weighted by molar-refractivity contribution is 7.91. The fourth-order valence-corrected chi connectivity index (χ4v) is 4.47. The predicted molar refractivity (Wildman–Crippen MR) is 90.1 cm³/mol. The number of methoxy groups -OCH3 is 1. The Kier molecular flexibility index (Phi) is 6.04. The fourth-order valence-electron chi connectivity index (χ4n) is 3.07. The Morgan fingerprint density at radius 1 is 1.22 bits per heavy atom. The van der Waals surface area contributed by atoms with Crippen molar-refractivity contribution in [1.82, 2.24) is 4.90 Å². The van der Waals surface area contributed by atoms with Crippen molar-refractivity contribution in [1.29, 1.82) is 0 Å². The zero-order chi connectivity index (χ0) is 16.9. The SMILES string of the molecule is COc1ccccc1CS(=O)(=O)CC(=O)N(C)C1CCCCC1. The van der Waals surface area contributed by atoms with Gasteiger partial charge in [-0.05, 0) is 18.9 Å². The Morgan fingerprint density at radius 2 is 1.87 bits per heavy atom. The molecule has 1 aromatic rings. The topological polar surface area (TPSA) is 63.7 Å². The van der Waals surface area contributed by atoms with Crippen molar-refractivity contribution in [2.24, 2.45) is 0 Å². The van der Waals surface area contributed by atoms with Crippen LogP contribution in [0.4, 0.5) is 0 Å². The molecule has 0 bridgehead atoms. The molecular formula is C17H25NO4S. The minimum atomic E-state index is -3.52. The normalized spacial score (nSPS) is 16.1. The summed E-state index contributed by atoms with van der Waals surface area (Å²) in [5.74, 6) is -0.407. The van der Waals surface area contributed by atoms with Crippen LogP contribution in [0.25, 0.3) is 0 Å². The van der Waals surface area contributed by atoms with Gasteiger partial charge in [-0.15, -0.1) is 0 Å². The number of carbonyl (C=O) groups is 1. The van der Waals surface area contributed by atoms with E-state index >= 15 is 0 Å². The van der Waals surface area contributed by atoms with E-state index in [1.165, 1.54) is 13.5 Å². The predicted octanol–water partition coefficient (Wildman–Crippen LogP) is 2.40. The van der Waals surface area contributed by atoms with Crippen LogP contribution >= 0.6 is 0 Å². The maximum atomic E-state index is 12.4. The van der Waals surface area contributed by atoms with E-state index in [1.54, 1.807) is 36.2 Å². The van der Waals surface area contributed by atoms with Gasteiger partial charge in [0.15, 0.2) is 9.84 Å². The van der Waals surface area contributed by atoms with Crippen molar-refractivity contribution in [2.45, 2.75) is 43.9 Å². The Morgan fingerprint density at radius 3 is 2.52 bits per heavy atom. The molecule has 5 nitrogen and oxygen atoms in total. The minimum absolute atomic E-state index is 0.178. The van der Waals surface area contributed by atoms with Gasteiger partial charge in [0.2, 0.25) is 5.91 Å². The number of carbonyl (C=O) groups excluding carboxylic acids is 1. The summed E-state index contributed by atoms with van der Waals surface area (Å²) in [6, 6.07) is 7.17. The first-order valence-corrected chi connectivity index (χ1v) is 9.83. The zero-order valence-electron chi connectivity index (χ0n) is 13.8. The highest BCUT2D eigenvalue weighted by atomic mass is 32.2. The first-order chi connectivity index (χ1) is 10.9. The van der Waals surface area contributed by atoms with Crippen molar-refractivity contribution in [3.8, 4) is 5.75 Å². The second kappa shape index (κ2) is 7.81. The van der Waals surface area contributed by atoms with Gasteiger partial charge in [-0.2, -0.15) is 0 Å². The molecular weight excluding hydrogens is 314 g/mol. The van der Waals surface area contributed by atoms with Crippen LogP contribution in [0.1, 0.15) is 37.7 Å². The van der Waals surface area contributed by atoms with Crippen LogP contribution in [0.3, 0.4) is 0 Å². The molecule has 0 unspecified atom stereocenters. The summed E-state index contributed by atoms with van der Waals surface area (Å²) in [5, 5.41) is 0. The molecule has 0 saturated heterocycles. The molecule has 23 heavy (non-hydrogen) atoms. The summed E-state index contributed by atoms with van der Waals surface area (Å²) >= 11 is 0. The van der Waals surface area contributed by atoms with Crippen molar-refractivity contribution in [3.63, 3.8) is 0 Å². The highest BCUT2D eigenvalue weighted by Gasteiger charge is 2.26. The molecule has 1 aliphatic carbocycles. The molecule has 0 N–H and O–H groups in total. The second-order valence-electron chi connectivity index (χ2n) is 6.14. The standard InChI is InChI=1S/C17H25NO4S/c1-18(15-9-4-3-5-10-15)17(19)13-23(20,21)12-14-8-6-7-11-16(14)22-2/h6-8,11,15H,3-5,9-10,12-13H2,1-2H3. The van der Waals surface area contributed by atoms with E-state index in [2.05, 4.69) is 0 Å². The fraction of sp³-hybridized carbons (Fsp3) is 0.588. The number of rotatable bonds is 6. The van der Waals surface area contributed by atoms with E-state index in [0.717, 1.165) is 25.7 Å². The van der Waals surface area contributed by atoms with E-state index < -0.39 is 15.6 Å². The minimum Gasteiger partial charge on any atom is -0.496 e. The van der Waals surface area contributed by atoms with Gasteiger partial charge in [-0.25, -0.2) is 8.42 Å². The molecule has 2 rings (SSSR count). The molecule has 6 heteroatoms. The van der Waals surface area contributed by atoms with Gasteiger partial charge in [-0.3, -0.25) is 4.79 Å². The first-order valence-electron chi connectivity index (χ1n) is 8.01. The lowest BCUT2D eigenvalue weighted by Gasteiger charge is -2.31.